The number of hydrogen-bond acceptors (Lipinski definition) is 6. The molecule has 228 valence electrons. The van der Waals surface area contributed by atoms with Crippen molar-refractivity contribution in [2.24, 2.45) is 5.92 Å². The number of carbonyl (C=O) groups is 1. The van der Waals surface area contributed by atoms with Crippen molar-refractivity contribution < 1.29 is 33.6 Å². The van der Waals surface area contributed by atoms with Gasteiger partial charge >= 0.3 is 0 Å². The van der Waals surface area contributed by atoms with E-state index in [1.54, 1.807) is 50.3 Å². The van der Waals surface area contributed by atoms with Crippen molar-refractivity contribution in [2.45, 2.75) is 53.2 Å². The van der Waals surface area contributed by atoms with E-state index in [0.717, 1.165) is 30.5 Å². The first kappa shape index (κ1) is 37.3. The lowest BCUT2D eigenvalue weighted by Gasteiger charge is -2.48. The largest absolute Gasteiger partial charge is 0.516 e. The number of halogens is 2. The molecule has 0 aromatic heterocycles. The molecule has 7 nitrogen and oxygen atoms in total. The Hall–Kier alpha value is -3.69. The smallest absolute Gasteiger partial charge is 0.258 e. The third-order valence-electron chi connectivity index (χ3n) is 6.27. The first-order valence-electron chi connectivity index (χ1n) is 13.2. The van der Waals surface area contributed by atoms with E-state index in [0.29, 0.717) is 24.1 Å². The number of aliphatic hydroxyl groups excluding tert-OH is 3. The number of amides is 1. The van der Waals surface area contributed by atoms with Crippen LogP contribution in [0.25, 0.3) is 0 Å². The highest BCUT2D eigenvalue weighted by atomic mass is 19.1. The van der Waals surface area contributed by atoms with Crippen molar-refractivity contribution in [1.82, 2.24) is 5.32 Å². The molecule has 1 fully saturated rings. The lowest BCUT2D eigenvalue weighted by molar-refractivity contribution is -0.124. The van der Waals surface area contributed by atoms with Crippen LogP contribution in [-0.2, 0) is 9.53 Å². The number of nitrogens with zero attached hydrogens (tertiary/aromatic N) is 1. The fourth-order valence-corrected chi connectivity index (χ4v) is 3.87. The molecule has 3 rings (SSSR count). The molecule has 0 radical (unpaired) electrons. The fourth-order valence-electron chi connectivity index (χ4n) is 3.87. The summed E-state index contributed by atoms with van der Waals surface area (Å²) in [5, 5.41) is 28.8. The van der Waals surface area contributed by atoms with Gasteiger partial charge in [-0.25, -0.2) is 8.78 Å². The zero-order valence-corrected chi connectivity index (χ0v) is 23.5. The zero-order valence-electron chi connectivity index (χ0n) is 23.5. The Kier molecular flexibility index (Phi) is 19.2. The van der Waals surface area contributed by atoms with Gasteiger partial charge in [-0.15, -0.1) is 0 Å². The number of rotatable bonds is 11. The SMILES string of the molecule is C.C/C=C/O.C=C/C(=C\C)OCC(=O)NCCO.CC1C(CCC(O)c2ccc(F)cc2)CN1c1ccc(F)cc1. The maximum atomic E-state index is 13.0. The van der Waals surface area contributed by atoms with Crippen molar-refractivity contribution in [3.8, 4) is 0 Å². The lowest BCUT2D eigenvalue weighted by atomic mass is 9.84. The van der Waals surface area contributed by atoms with Crippen molar-refractivity contribution in [3.05, 3.63) is 103 Å². The molecule has 3 unspecified atom stereocenters. The maximum absolute atomic E-state index is 13.0. The van der Waals surface area contributed by atoms with Gasteiger partial charge in [0.15, 0.2) is 6.61 Å². The number of aliphatic hydroxyl groups is 3. The van der Waals surface area contributed by atoms with E-state index in [2.05, 4.69) is 23.7 Å². The molecular formula is C32H46F2N2O5. The van der Waals surface area contributed by atoms with Crippen molar-refractivity contribution in [2.75, 3.05) is 31.2 Å². The molecule has 9 heteroatoms. The van der Waals surface area contributed by atoms with E-state index in [9.17, 15) is 18.7 Å². The topological polar surface area (TPSA) is 102 Å². The summed E-state index contributed by atoms with van der Waals surface area (Å²) in [6.07, 6.45) is 6.82. The summed E-state index contributed by atoms with van der Waals surface area (Å²) in [4.78, 5) is 13.2. The summed E-state index contributed by atoms with van der Waals surface area (Å²) in [6.45, 7) is 10.3. The van der Waals surface area contributed by atoms with Crippen molar-refractivity contribution >= 4 is 11.6 Å². The predicted octanol–water partition coefficient (Wildman–Crippen LogP) is 6.22. The van der Waals surface area contributed by atoms with Crippen LogP contribution in [0.3, 0.4) is 0 Å². The molecule has 1 aliphatic rings. The Labute approximate surface area is 243 Å². The molecule has 0 saturated carbocycles. The molecule has 1 heterocycles. The van der Waals surface area contributed by atoms with Crippen LogP contribution in [0.4, 0.5) is 14.5 Å². The molecule has 0 bridgehead atoms. The summed E-state index contributed by atoms with van der Waals surface area (Å²) >= 11 is 0. The van der Waals surface area contributed by atoms with Crippen LogP contribution in [-0.4, -0.2) is 53.6 Å². The Balaban J connectivity index is 0.000000759. The molecule has 2 aromatic carbocycles. The van der Waals surface area contributed by atoms with E-state index < -0.39 is 6.10 Å². The molecule has 2 aromatic rings. The molecule has 0 aliphatic carbocycles. The minimum absolute atomic E-state index is 0. The van der Waals surface area contributed by atoms with Crippen molar-refractivity contribution in [3.63, 3.8) is 0 Å². The Morgan fingerprint density at radius 1 is 1.15 bits per heavy atom. The van der Waals surface area contributed by atoms with E-state index in [1.807, 2.05) is 0 Å². The number of nitrogens with one attached hydrogen (secondary N) is 1. The van der Waals surface area contributed by atoms with Gasteiger partial charge in [-0.3, -0.25) is 4.79 Å². The normalized spacial score (nSPS) is 16.6. The van der Waals surface area contributed by atoms with Crippen LogP contribution < -0.4 is 10.2 Å². The second-order valence-electron chi connectivity index (χ2n) is 9.01. The van der Waals surface area contributed by atoms with E-state index >= 15 is 0 Å². The number of benzene rings is 2. The van der Waals surface area contributed by atoms with E-state index in [4.69, 9.17) is 14.9 Å². The van der Waals surface area contributed by atoms with Gasteiger partial charge in [0, 0.05) is 24.8 Å². The molecule has 3 atom stereocenters. The van der Waals surface area contributed by atoms with Crippen LogP contribution >= 0.6 is 0 Å². The Bertz CT molecular complexity index is 1050. The highest BCUT2D eigenvalue weighted by Gasteiger charge is 2.35. The van der Waals surface area contributed by atoms with Crippen molar-refractivity contribution in [1.29, 1.82) is 0 Å². The van der Waals surface area contributed by atoms with Gasteiger partial charge in [0.2, 0.25) is 0 Å². The average molecular weight is 577 g/mol. The fraction of sp³-hybridized carbons (Fsp3) is 0.406. The zero-order chi connectivity index (χ0) is 29.9. The summed E-state index contributed by atoms with van der Waals surface area (Å²) in [7, 11) is 0. The Morgan fingerprint density at radius 3 is 2.17 bits per heavy atom. The monoisotopic (exact) mass is 576 g/mol. The first-order valence-corrected chi connectivity index (χ1v) is 13.2. The second-order valence-corrected chi connectivity index (χ2v) is 9.01. The number of ether oxygens (including phenoxy) is 1. The summed E-state index contributed by atoms with van der Waals surface area (Å²) in [5.74, 6) is 0.314. The summed E-state index contributed by atoms with van der Waals surface area (Å²) in [5.41, 5.74) is 1.79. The average Bonchev–Trinajstić information content (AvgIpc) is 2.97. The van der Waals surface area contributed by atoms with E-state index in [-0.39, 0.29) is 44.7 Å². The van der Waals surface area contributed by atoms with Crippen LogP contribution in [0.2, 0.25) is 0 Å². The molecule has 4 N–H and O–H groups in total. The molecular weight excluding hydrogens is 530 g/mol. The molecule has 0 spiro atoms. The standard InChI is InChI=1S/C19H21F2NO.C9H15NO3.C3H6O.CH4/c1-13-15(12-22(13)18-9-7-17(21)8-10-18)4-11-19(23)14-2-5-16(20)6-3-14;1-3-8(4-2)13-7-9(12)10-5-6-11;1-2-3-4;/h2-3,5-10,13,15,19,23H,4,11-12H2,1H3;3-4,11H,1,5-7H2,2H3,(H,10,12);2-4H,1H3;1H4/b;8-4+;3-2+;. The van der Waals surface area contributed by atoms with Gasteiger partial charge < -0.3 is 30.3 Å². The van der Waals surface area contributed by atoms with Gasteiger partial charge in [0.1, 0.15) is 17.4 Å². The minimum Gasteiger partial charge on any atom is -0.516 e. The minimum atomic E-state index is -0.553. The number of carbonyl (C=O) groups excluding carboxylic acids is 1. The second kappa shape index (κ2) is 21.1. The summed E-state index contributed by atoms with van der Waals surface area (Å²) in [6, 6.07) is 13.0. The number of hydrogen-bond donors (Lipinski definition) is 4. The highest BCUT2D eigenvalue weighted by molar-refractivity contribution is 5.77. The third kappa shape index (κ3) is 14.0. The van der Waals surface area contributed by atoms with Crippen LogP contribution in [0.15, 0.2) is 85.4 Å². The van der Waals surface area contributed by atoms with Gasteiger partial charge in [0.05, 0.1) is 19.0 Å². The van der Waals surface area contributed by atoms with Gasteiger partial charge in [-0.05, 0) is 93.6 Å². The molecule has 1 aliphatic heterocycles. The van der Waals surface area contributed by atoms with Crippen LogP contribution in [0.5, 0.6) is 0 Å². The van der Waals surface area contributed by atoms with Gasteiger partial charge in [-0.1, -0.05) is 32.2 Å². The third-order valence-corrected chi connectivity index (χ3v) is 6.27. The van der Waals surface area contributed by atoms with Gasteiger partial charge in [-0.2, -0.15) is 0 Å². The quantitative estimate of drug-likeness (QED) is 0.187. The van der Waals surface area contributed by atoms with Crippen LogP contribution in [0, 0.1) is 17.6 Å². The summed E-state index contributed by atoms with van der Waals surface area (Å²) < 4.78 is 30.9. The van der Waals surface area contributed by atoms with E-state index in [1.165, 1.54) is 30.3 Å². The lowest BCUT2D eigenvalue weighted by Crippen LogP contribution is -2.54. The predicted molar refractivity (Wildman–Crippen MR) is 161 cm³/mol. The van der Waals surface area contributed by atoms with Gasteiger partial charge in [0.25, 0.3) is 5.91 Å². The molecule has 1 amide bonds. The number of allylic oxidation sites excluding steroid dienone is 3. The molecule has 1 saturated heterocycles. The molecule has 41 heavy (non-hydrogen) atoms. The first-order chi connectivity index (χ1) is 19.2. The Morgan fingerprint density at radius 2 is 1.71 bits per heavy atom. The maximum Gasteiger partial charge on any atom is 0.258 e. The van der Waals surface area contributed by atoms with Crippen LogP contribution in [0.1, 0.15) is 52.7 Å². The number of anilines is 1. The highest BCUT2D eigenvalue weighted by Crippen LogP contribution is 2.35.